The van der Waals surface area contributed by atoms with E-state index in [0.29, 0.717) is 32.1 Å². The van der Waals surface area contributed by atoms with Crippen LogP contribution in [0.25, 0.3) is 0 Å². The molecule has 1 saturated heterocycles. The maximum atomic E-state index is 12.9. The molecule has 2 heterocycles. The third-order valence-electron chi connectivity index (χ3n) is 6.62. The first-order valence-electron chi connectivity index (χ1n) is 13.7. The van der Waals surface area contributed by atoms with E-state index in [1.54, 1.807) is 11.9 Å². The van der Waals surface area contributed by atoms with Gasteiger partial charge >= 0.3 is 0 Å². The van der Waals surface area contributed by atoms with Crippen LogP contribution >= 0.6 is 11.9 Å². The Hall–Kier alpha value is -2.79. The van der Waals surface area contributed by atoms with Crippen molar-refractivity contribution in [1.82, 2.24) is 20.3 Å². The molecule has 0 aliphatic carbocycles. The number of nitrogens with zero attached hydrogens (tertiary/aromatic N) is 1. The first-order chi connectivity index (χ1) is 18.9. The molecule has 2 amide bonds. The Bertz CT molecular complexity index is 1080. The Balaban J connectivity index is 1.41. The lowest BCUT2D eigenvalue weighted by Crippen LogP contribution is -2.52. The lowest BCUT2D eigenvalue weighted by molar-refractivity contribution is -0.127. The molecule has 0 saturated carbocycles. The normalized spacial score (nSPS) is 18.1. The van der Waals surface area contributed by atoms with Crippen molar-refractivity contribution in [2.45, 2.75) is 56.2 Å². The van der Waals surface area contributed by atoms with Gasteiger partial charge in [-0.3, -0.25) is 9.59 Å². The van der Waals surface area contributed by atoms with Gasteiger partial charge in [0.2, 0.25) is 11.8 Å². The third-order valence-corrected chi connectivity index (χ3v) is 7.64. The van der Waals surface area contributed by atoms with Gasteiger partial charge in [0, 0.05) is 18.0 Å². The minimum absolute atomic E-state index is 0.128. The molecule has 1 fully saturated rings. The highest BCUT2D eigenvalue weighted by atomic mass is 32.2. The van der Waals surface area contributed by atoms with Gasteiger partial charge in [-0.25, -0.2) is 4.31 Å². The highest BCUT2D eigenvalue weighted by Crippen LogP contribution is 2.35. The van der Waals surface area contributed by atoms with E-state index >= 15 is 0 Å². The molecule has 0 spiro atoms. The van der Waals surface area contributed by atoms with Crippen LogP contribution in [0.2, 0.25) is 0 Å². The van der Waals surface area contributed by atoms with Gasteiger partial charge < -0.3 is 30.5 Å². The molecule has 39 heavy (non-hydrogen) atoms. The highest BCUT2D eigenvalue weighted by Gasteiger charge is 2.27. The largest absolute Gasteiger partial charge is 0.486 e. The number of benzene rings is 2. The van der Waals surface area contributed by atoms with Crippen LogP contribution in [0, 0.1) is 5.92 Å². The van der Waals surface area contributed by atoms with E-state index in [1.165, 1.54) is 0 Å². The predicted molar refractivity (Wildman–Crippen MR) is 152 cm³/mol. The van der Waals surface area contributed by atoms with Crippen molar-refractivity contribution in [3.8, 4) is 11.5 Å². The molecule has 2 aliphatic heterocycles. The SMILES string of the molecule is CC(C)CN(C[C@@H](O)[C@H](Cc1ccccc1)NC(=O)CNC(=O)[C@@H]1CCCN1)Sc1ccc2c(c1)OCCO2. The molecular weight excluding hydrogens is 516 g/mol. The number of fused-ring (bicyclic) bond motifs is 1. The summed E-state index contributed by atoms with van der Waals surface area (Å²) in [5.41, 5.74) is 1.01. The first kappa shape index (κ1) is 29.2. The second-order valence-electron chi connectivity index (χ2n) is 10.4. The summed E-state index contributed by atoms with van der Waals surface area (Å²) in [5, 5.41) is 20.3. The number of carbonyl (C=O) groups excluding carboxylic acids is 2. The summed E-state index contributed by atoms with van der Waals surface area (Å²) in [6.45, 7) is 7.10. The molecule has 212 valence electrons. The fourth-order valence-electron chi connectivity index (χ4n) is 4.73. The first-order valence-corrected chi connectivity index (χ1v) is 14.5. The second-order valence-corrected chi connectivity index (χ2v) is 11.6. The molecule has 2 aromatic carbocycles. The van der Waals surface area contributed by atoms with Crippen molar-refractivity contribution in [3.63, 3.8) is 0 Å². The number of aliphatic hydroxyl groups is 1. The molecule has 4 N–H and O–H groups in total. The smallest absolute Gasteiger partial charge is 0.239 e. The summed E-state index contributed by atoms with van der Waals surface area (Å²) < 4.78 is 13.5. The van der Waals surface area contributed by atoms with Crippen molar-refractivity contribution in [1.29, 1.82) is 0 Å². The Morgan fingerprint density at radius 1 is 1.10 bits per heavy atom. The monoisotopic (exact) mass is 556 g/mol. The van der Waals surface area contributed by atoms with Crippen molar-refractivity contribution in [3.05, 3.63) is 54.1 Å². The van der Waals surface area contributed by atoms with E-state index in [9.17, 15) is 14.7 Å². The number of nitrogens with one attached hydrogen (secondary N) is 3. The Kier molecular flexibility index (Phi) is 10.9. The standard InChI is InChI=1S/C29H40N4O5S/c1-20(2)18-33(39-22-10-11-26-27(16-22)38-14-13-37-26)19-25(34)24(15-21-7-4-3-5-8-21)32-28(35)17-31-29(36)23-9-6-12-30-23/h3-5,7-8,10-11,16,20,23-25,30,34H,6,9,12-15,17-19H2,1-2H3,(H,31,36)(H,32,35)/t23-,24-,25+/m0/s1. The number of ether oxygens (including phenoxy) is 2. The second kappa shape index (κ2) is 14.6. The molecule has 2 aliphatic rings. The fraction of sp³-hybridized carbons (Fsp3) is 0.517. The minimum atomic E-state index is -0.843. The van der Waals surface area contributed by atoms with Gasteiger partial charge in [0.05, 0.1) is 24.7 Å². The van der Waals surface area contributed by atoms with Gasteiger partial charge in [-0.2, -0.15) is 0 Å². The van der Waals surface area contributed by atoms with E-state index in [2.05, 4.69) is 34.1 Å². The van der Waals surface area contributed by atoms with E-state index in [-0.39, 0.29) is 24.4 Å². The number of hydrogen-bond acceptors (Lipinski definition) is 8. The highest BCUT2D eigenvalue weighted by molar-refractivity contribution is 7.97. The molecule has 0 bridgehead atoms. The van der Waals surface area contributed by atoms with Gasteiger partial charge in [-0.05, 0) is 67.4 Å². The van der Waals surface area contributed by atoms with Crippen LogP contribution < -0.4 is 25.4 Å². The maximum Gasteiger partial charge on any atom is 0.239 e. The molecule has 2 aromatic rings. The lowest BCUT2D eigenvalue weighted by atomic mass is 10.0. The number of amides is 2. The summed E-state index contributed by atoms with van der Waals surface area (Å²) in [4.78, 5) is 26.2. The van der Waals surface area contributed by atoms with E-state index in [4.69, 9.17) is 9.47 Å². The van der Waals surface area contributed by atoms with Crippen LogP contribution in [-0.2, 0) is 16.0 Å². The molecule has 10 heteroatoms. The maximum absolute atomic E-state index is 12.9. The van der Waals surface area contributed by atoms with Crippen LogP contribution in [-0.4, -0.2) is 78.8 Å². The van der Waals surface area contributed by atoms with Gasteiger partial charge in [-0.1, -0.05) is 44.2 Å². The van der Waals surface area contributed by atoms with Crippen molar-refractivity contribution < 1.29 is 24.2 Å². The average Bonchev–Trinajstić information content (AvgIpc) is 3.47. The number of carbonyl (C=O) groups is 2. The quantitative estimate of drug-likeness (QED) is 0.278. The lowest BCUT2D eigenvalue weighted by Gasteiger charge is -2.30. The summed E-state index contributed by atoms with van der Waals surface area (Å²) in [5.74, 6) is 1.34. The van der Waals surface area contributed by atoms with Crippen LogP contribution in [0.3, 0.4) is 0 Å². The Labute approximate surface area is 235 Å². The molecular formula is C29H40N4O5S. The van der Waals surface area contributed by atoms with Crippen LogP contribution in [0.4, 0.5) is 0 Å². The molecule has 9 nitrogen and oxygen atoms in total. The number of aliphatic hydroxyl groups excluding tert-OH is 1. The number of hydrogen-bond donors (Lipinski definition) is 4. The van der Waals surface area contributed by atoms with Crippen LogP contribution in [0.5, 0.6) is 11.5 Å². The van der Waals surface area contributed by atoms with E-state index in [0.717, 1.165) is 47.9 Å². The molecule has 3 atom stereocenters. The summed E-state index contributed by atoms with van der Waals surface area (Å²) in [7, 11) is 0. The van der Waals surface area contributed by atoms with Gasteiger partial charge in [0.1, 0.15) is 13.2 Å². The van der Waals surface area contributed by atoms with Crippen molar-refractivity contribution >= 4 is 23.8 Å². The fourth-order valence-corrected chi connectivity index (χ4v) is 5.92. The van der Waals surface area contributed by atoms with Crippen molar-refractivity contribution in [2.24, 2.45) is 5.92 Å². The summed E-state index contributed by atoms with van der Waals surface area (Å²) in [6.07, 6.45) is 1.35. The van der Waals surface area contributed by atoms with E-state index in [1.807, 2.05) is 48.5 Å². The molecule has 0 aromatic heterocycles. The zero-order chi connectivity index (χ0) is 27.6. The zero-order valence-corrected chi connectivity index (χ0v) is 23.5. The molecule has 0 radical (unpaired) electrons. The average molecular weight is 557 g/mol. The summed E-state index contributed by atoms with van der Waals surface area (Å²) >= 11 is 1.55. The van der Waals surface area contributed by atoms with E-state index < -0.39 is 12.1 Å². The van der Waals surface area contributed by atoms with Gasteiger partial charge in [0.25, 0.3) is 0 Å². The van der Waals surface area contributed by atoms with Gasteiger partial charge in [0.15, 0.2) is 11.5 Å². The Morgan fingerprint density at radius 2 is 1.87 bits per heavy atom. The van der Waals surface area contributed by atoms with Crippen LogP contribution in [0.1, 0.15) is 32.3 Å². The third kappa shape index (κ3) is 9.13. The molecule has 0 unspecified atom stereocenters. The minimum Gasteiger partial charge on any atom is -0.486 e. The topological polar surface area (TPSA) is 112 Å². The summed E-state index contributed by atoms with van der Waals surface area (Å²) in [6, 6.07) is 14.9. The Morgan fingerprint density at radius 3 is 2.59 bits per heavy atom. The van der Waals surface area contributed by atoms with Gasteiger partial charge in [-0.15, -0.1) is 0 Å². The van der Waals surface area contributed by atoms with Crippen molar-refractivity contribution in [2.75, 3.05) is 39.4 Å². The van der Waals surface area contributed by atoms with Crippen LogP contribution in [0.15, 0.2) is 53.4 Å². The zero-order valence-electron chi connectivity index (χ0n) is 22.7. The molecule has 4 rings (SSSR count). The predicted octanol–water partition coefficient (Wildman–Crippen LogP) is 2.38. The number of rotatable bonds is 13.